The summed E-state index contributed by atoms with van der Waals surface area (Å²) in [6.07, 6.45) is 4.40. The molecule has 2 N–H and O–H groups in total. The third kappa shape index (κ3) is 1.72. The first-order valence-corrected chi connectivity index (χ1v) is 6.54. The fourth-order valence-corrected chi connectivity index (χ4v) is 3.71. The Morgan fingerprint density at radius 3 is 2.13 bits per heavy atom. The first-order valence-electron chi connectivity index (χ1n) is 6.54. The van der Waals surface area contributed by atoms with Gasteiger partial charge in [-0.3, -0.25) is 4.90 Å². The SMILES string of the molecule is CC(CN)N1CC(C)C2(CCC2)C(C)C1. The van der Waals surface area contributed by atoms with Crippen molar-refractivity contribution in [2.45, 2.75) is 46.1 Å². The van der Waals surface area contributed by atoms with Crippen molar-refractivity contribution < 1.29 is 0 Å². The van der Waals surface area contributed by atoms with Crippen LogP contribution in [-0.4, -0.2) is 30.6 Å². The molecule has 1 heterocycles. The molecule has 2 aliphatic rings. The van der Waals surface area contributed by atoms with E-state index in [1.54, 1.807) is 0 Å². The number of nitrogens with zero attached hydrogens (tertiary/aromatic N) is 1. The number of rotatable bonds is 2. The minimum absolute atomic E-state index is 0.562. The van der Waals surface area contributed by atoms with Gasteiger partial charge in [-0.25, -0.2) is 0 Å². The summed E-state index contributed by atoms with van der Waals surface area (Å²) in [5, 5.41) is 0. The summed E-state index contributed by atoms with van der Waals surface area (Å²) < 4.78 is 0. The Labute approximate surface area is 94.2 Å². The van der Waals surface area contributed by atoms with Crippen LogP contribution in [-0.2, 0) is 0 Å². The predicted octanol–water partition coefficient (Wildman–Crippen LogP) is 2.09. The average molecular weight is 210 g/mol. The van der Waals surface area contributed by atoms with Gasteiger partial charge in [0, 0.05) is 25.7 Å². The molecule has 1 aliphatic carbocycles. The minimum Gasteiger partial charge on any atom is -0.329 e. The number of nitrogens with two attached hydrogens (primary N) is 1. The van der Waals surface area contributed by atoms with Crippen LogP contribution in [0.15, 0.2) is 0 Å². The molecule has 1 saturated heterocycles. The van der Waals surface area contributed by atoms with E-state index in [0.717, 1.165) is 18.4 Å². The normalized spacial score (nSPS) is 37.6. The fourth-order valence-electron chi connectivity index (χ4n) is 3.71. The van der Waals surface area contributed by atoms with E-state index >= 15 is 0 Å². The van der Waals surface area contributed by atoms with Crippen LogP contribution >= 0.6 is 0 Å². The summed E-state index contributed by atoms with van der Waals surface area (Å²) in [7, 11) is 0. The zero-order valence-electron chi connectivity index (χ0n) is 10.5. The van der Waals surface area contributed by atoms with Gasteiger partial charge in [-0.05, 0) is 37.0 Å². The molecule has 88 valence electrons. The number of likely N-dealkylation sites (tertiary alicyclic amines) is 1. The van der Waals surface area contributed by atoms with E-state index in [1.165, 1.54) is 32.4 Å². The molecule has 0 radical (unpaired) electrons. The number of piperidine rings is 1. The standard InChI is InChI=1S/C13H26N2/c1-10-8-15(12(3)7-14)9-11(2)13(10)5-4-6-13/h10-12H,4-9,14H2,1-3H3. The van der Waals surface area contributed by atoms with E-state index in [9.17, 15) is 0 Å². The summed E-state index contributed by atoms with van der Waals surface area (Å²) in [5.74, 6) is 1.73. The van der Waals surface area contributed by atoms with E-state index in [2.05, 4.69) is 25.7 Å². The van der Waals surface area contributed by atoms with Gasteiger partial charge >= 0.3 is 0 Å². The first-order chi connectivity index (χ1) is 7.10. The van der Waals surface area contributed by atoms with Gasteiger partial charge < -0.3 is 5.73 Å². The first kappa shape index (κ1) is 11.4. The number of hydrogen-bond donors (Lipinski definition) is 1. The molecule has 1 aliphatic heterocycles. The maximum Gasteiger partial charge on any atom is 0.0190 e. The van der Waals surface area contributed by atoms with Crippen LogP contribution in [0.4, 0.5) is 0 Å². The fraction of sp³-hybridized carbons (Fsp3) is 1.00. The molecule has 0 aromatic rings. The molecule has 0 amide bonds. The van der Waals surface area contributed by atoms with Crippen molar-refractivity contribution in [3.05, 3.63) is 0 Å². The Balaban J connectivity index is 2.03. The van der Waals surface area contributed by atoms with Gasteiger partial charge in [0.2, 0.25) is 0 Å². The molecule has 3 atom stereocenters. The Morgan fingerprint density at radius 2 is 1.80 bits per heavy atom. The monoisotopic (exact) mass is 210 g/mol. The zero-order chi connectivity index (χ0) is 11.1. The van der Waals surface area contributed by atoms with Crippen molar-refractivity contribution in [1.82, 2.24) is 4.90 Å². The van der Waals surface area contributed by atoms with Crippen LogP contribution < -0.4 is 5.73 Å². The molecule has 3 unspecified atom stereocenters. The maximum absolute atomic E-state index is 5.77. The lowest BCUT2D eigenvalue weighted by Gasteiger charge is -2.57. The molecule has 2 nitrogen and oxygen atoms in total. The van der Waals surface area contributed by atoms with Gasteiger partial charge in [0.15, 0.2) is 0 Å². The summed E-state index contributed by atoms with van der Waals surface area (Å²) in [5.41, 5.74) is 6.47. The third-order valence-electron chi connectivity index (χ3n) is 5.23. The molecule has 2 heteroatoms. The van der Waals surface area contributed by atoms with E-state index in [4.69, 9.17) is 5.73 Å². The lowest BCUT2D eigenvalue weighted by molar-refractivity contribution is -0.0777. The molecule has 15 heavy (non-hydrogen) atoms. The van der Waals surface area contributed by atoms with Gasteiger partial charge in [-0.1, -0.05) is 20.3 Å². The molecule has 2 fully saturated rings. The summed E-state index contributed by atoms with van der Waals surface area (Å²) in [6, 6.07) is 0.562. The topological polar surface area (TPSA) is 29.3 Å². The Morgan fingerprint density at radius 1 is 1.27 bits per heavy atom. The van der Waals surface area contributed by atoms with Crippen LogP contribution in [0.1, 0.15) is 40.0 Å². The lowest BCUT2D eigenvalue weighted by Crippen LogP contribution is -2.57. The van der Waals surface area contributed by atoms with Crippen molar-refractivity contribution in [1.29, 1.82) is 0 Å². The third-order valence-corrected chi connectivity index (χ3v) is 5.23. The van der Waals surface area contributed by atoms with E-state index in [-0.39, 0.29) is 0 Å². The van der Waals surface area contributed by atoms with Crippen LogP contribution in [0.2, 0.25) is 0 Å². The number of hydrogen-bond acceptors (Lipinski definition) is 2. The average Bonchev–Trinajstić information content (AvgIpc) is 2.13. The molecule has 2 rings (SSSR count). The zero-order valence-corrected chi connectivity index (χ0v) is 10.5. The highest BCUT2D eigenvalue weighted by atomic mass is 15.2. The molecule has 0 aromatic heterocycles. The Kier molecular flexibility index (Phi) is 3.09. The smallest absolute Gasteiger partial charge is 0.0190 e. The van der Waals surface area contributed by atoms with Crippen LogP contribution in [0.25, 0.3) is 0 Å². The molecular weight excluding hydrogens is 184 g/mol. The summed E-state index contributed by atoms with van der Waals surface area (Å²) in [6.45, 7) is 10.5. The van der Waals surface area contributed by atoms with Crippen LogP contribution in [0.5, 0.6) is 0 Å². The van der Waals surface area contributed by atoms with Gasteiger partial charge in [-0.15, -0.1) is 0 Å². The van der Waals surface area contributed by atoms with E-state index in [1.807, 2.05) is 0 Å². The van der Waals surface area contributed by atoms with E-state index < -0.39 is 0 Å². The predicted molar refractivity (Wildman–Crippen MR) is 64.7 cm³/mol. The van der Waals surface area contributed by atoms with Crippen molar-refractivity contribution in [3.63, 3.8) is 0 Å². The summed E-state index contributed by atoms with van der Waals surface area (Å²) in [4.78, 5) is 2.60. The van der Waals surface area contributed by atoms with Crippen molar-refractivity contribution in [3.8, 4) is 0 Å². The van der Waals surface area contributed by atoms with Crippen LogP contribution in [0.3, 0.4) is 0 Å². The lowest BCUT2D eigenvalue weighted by atomic mass is 9.54. The van der Waals surface area contributed by atoms with Crippen molar-refractivity contribution in [2.75, 3.05) is 19.6 Å². The van der Waals surface area contributed by atoms with Crippen molar-refractivity contribution in [2.24, 2.45) is 23.0 Å². The maximum atomic E-state index is 5.77. The Hall–Kier alpha value is -0.0800. The van der Waals surface area contributed by atoms with Gasteiger partial charge in [0.05, 0.1) is 0 Å². The second-order valence-corrected chi connectivity index (χ2v) is 5.93. The second-order valence-electron chi connectivity index (χ2n) is 5.93. The quantitative estimate of drug-likeness (QED) is 0.756. The van der Waals surface area contributed by atoms with E-state index in [0.29, 0.717) is 11.5 Å². The van der Waals surface area contributed by atoms with Gasteiger partial charge in [0.1, 0.15) is 0 Å². The van der Waals surface area contributed by atoms with Crippen LogP contribution in [0, 0.1) is 17.3 Å². The highest BCUT2D eigenvalue weighted by Crippen LogP contribution is 2.55. The molecule has 0 bridgehead atoms. The molecule has 1 spiro atoms. The molecule has 1 saturated carbocycles. The molecular formula is C13H26N2. The van der Waals surface area contributed by atoms with Gasteiger partial charge in [0.25, 0.3) is 0 Å². The van der Waals surface area contributed by atoms with Gasteiger partial charge in [-0.2, -0.15) is 0 Å². The highest BCUT2D eigenvalue weighted by molar-refractivity contribution is 5.00. The second kappa shape index (κ2) is 4.06. The largest absolute Gasteiger partial charge is 0.329 e. The molecule has 0 aromatic carbocycles. The highest BCUT2D eigenvalue weighted by Gasteiger charge is 2.49. The Bertz CT molecular complexity index is 209. The summed E-state index contributed by atoms with van der Waals surface area (Å²) >= 11 is 0. The van der Waals surface area contributed by atoms with Crippen molar-refractivity contribution >= 4 is 0 Å². The minimum atomic E-state index is 0.562.